The number of hydrogen-bond donors (Lipinski definition) is 3. The zero-order valence-corrected chi connectivity index (χ0v) is 76.5. The molecule has 0 aromatic rings. The number of esters is 4. The molecule has 3 N–H and O–H groups in total. The smallest absolute Gasteiger partial charge is 0.462 e. The number of phosphoric acid groups is 2. The van der Waals surface area contributed by atoms with Gasteiger partial charge in [-0.2, -0.15) is 0 Å². The lowest BCUT2D eigenvalue weighted by Crippen LogP contribution is -2.30. The molecule has 0 aromatic carbocycles. The maximum Gasteiger partial charge on any atom is 0.472 e. The third kappa shape index (κ3) is 86.3. The van der Waals surface area contributed by atoms with Crippen LogP contribution in [0, 0.1) is 11.8 Å². The van der Waals surface area contributed by atoms with Gasteiger partial charge in [0.25, 0.3) is 0 Å². The van der Waals surface area contributed by atoms with E-state index in [1.54, 1.807) is 0 Å². The van der Waals surface area contributed by atoms with E-state index in [0.717, 1.165) is 102 Å². The minimum atomic E-state index is -4.97. The molecule has 0 spiro atoms. The van der Waals surface area contributed by atoms with Gasteiger partial charge in [0, 0.05) is 25.7 Å². The molecule has 0 aliphatic carbocycles. The number of aliphatic hydroxyl groups excluding tert-OH is 1. The van der Waals surface area contributed by atoms with Crippen molar-refractivity contribution in [1.29, 1.82) is 0 Å². The van der Waals surface area contributed by atoms with Crippen molar-refractivity contribution in [3.8, 4) is 0 Å². The first-order valence-corrected chi connectivity index (χ1v) is 51.5. The molecular weight excluding hydrogens is 1460 g/mol. The van der Waals surface area contributed by atoms with E-state index in [0.29, 0.717) is 31.6 Å². The highest BCUT2D eigenvalue weighted by atomic mass is 31.2. The summed E-state index contributed by atoms with van der Waals surface area (Å²) in [6.07, 6.45) is 80.9. The summed E-state index contributed by atoms with van der Waals surface area (Å²) in [5, 5.41) is 10.7. The highest BCUT2D eigenvalue weighted by Crippen LogP contribution is 2.45. The van der Waals surface area contributed by atoms with Crippen molar-refractivity contribution in [3.63, 3.8) is 0 Å². The van der Waals surface area contributed by atoms with Crippen molar-refractivity contribution < 1.29 is 80.2 Å². The van der Waals surface area contributed by atoms with Gasteiger partial charge in [0.2, 0.25) is 0 Å². The zero-order valence-electron chi connectivity index (χ0n) is 74.7. The summed E-state index contributed by atoms with van der Waals surface area (Å²) in [7, 11) is -9.94. The summed E-state index contributed by atoms with van der Waals surface area (Å²) in [4.78, 5) is 73.5. The summed E-state index contributed by atoms with van der Waals surface area (Å²) in [5.74, 6) is -0.519. The van der Waals surface area contributed by atoms with E-state index in [1.165, 1.54) is 321 Å². The molecule has 0 saturated heterocycles. The van der Waals surface area contributed by atoms with Crippen LogP contribution < -0.4 is 0 Å². The molecule has 113 heavy (non-hydrogen) atoms. The van der Waals surface area contributed by atoms with Crippen LogP contribution in [0.1, 0.15) is 510 Å². The van der Waals surface area contributed by atoms with Crippen LogP contribution in [0.3, 0.4) is 0 Å². The van der Waals surface area contributed by atoms with Crippen LogP contribution in [0.15, 0.2) is 0 Å². The quantitative estimate of drug-likeness (QED) is 0.0222. The Kier molecular flexibility index (Phi) is 83.6. The van der Waals surface area contributed by atoms with E-state index in [2.05, 4.69) is 41.5 Å². The first-order chi connectivity index (χ1) is 54.9. The largest absolute Gasteiger partial charge is 0.472 e. The number of hydrogen-bond acceptors (Lipinski definition) is 15. The molecule has 0 saturated carbocycles. The van der Waals surface area contributed by atoms with E-state index in [9.17, 15) is 43.2 Å². The monoisotopic (exact) mass is 1650 g/mol. The van der Waals surface area contributed by atoms with Crippen LogP contribution >= 0.6 is 15.6 Å². The number of rotatable bonds is 93. The van der Waals surface area contributed by atoms with Crippen LogP contribution in [0.5, 0.6) is 0 Å². The summed E-state index contributed by atoms with van der Waals surface area (Å²) in [5.41, 5.74) is 0. The fraction of sp³-hybridized carbons (Fsp3) is 0.957. The predicted octanol–water partition coefficient (Wildman–Crippen LogP) is 29.4. The molecule has 0 aliphatic rings. The second-order valence-electron chi connectivity index (χ2n) is 34.5. The van der Waals surface area contributed by atoms with Gasteiger partial charge in [-0.3, -0.25) is 37.3 Å². The molecule has 19 heteroatoms. The summed E-state index contributed by atoms with van der Waals surface area (Å²) in [6, 6.07) is 0. The zero-order chi connectivity index (χ0) is 82.7. The average molecular weight is 1650 g/mol. The molecule has 0 heterocycles. The van der Waals surface area contributed by atoms with Crippen molar-refractivity contribution in [2.45, 2.75) is 529 Å². The molecule has 0 fully saturated rings. The van der Waals surface area contributed by atoms with Gasteiger partial charge in [-0.15, -0.1) is 0 Å². The lowest BCUT2D eigenvalue weighted by molar-refractivity contribution is -0.161. The molecule has 0 radical (unpaired) electrons. The molecule has 672 valence electrons. The lowest BCUT2D eigenvalue weighted by Gasteiger charge is -2.21. The first-order valence-electron chi connectivity index (χ1n) is 48.5. The summed E-state index contributed by atoms with van der Waals surface area (Å²) >= 11 is 0. The normalized spacial score (nSPS) is 13.9. The predicted molar refractivity (Wildman–Crippen MR) is 469 cm³/mol. The Labute approximate surface area is 696 Å². The Morgan fingerprint density at radius 2 is 0.451 bits per heavy atom. The van der Waals surface area contributed by atoms with Gasteiger partial charge in [-0.05, 0) is 37.5 Å². The Morgan fingerprint density at radius 3 is 0.673 bits per heavy atom. The Balaban J connectivity index is 5.21. The molecule has 0 rings (SSSR count). The van der Waals surface area contributed by atoms with Gasteiger partial charge < -0.3 is 33.8 Å². The fourth-order valence-corrected chi connectivity index (χ4v) is 16.4. The van der Waals surface area contributed by atoms with Gasteiger partial charge in [0.05, 0.1) is 26.4 Å². The average Bonchev–Trinajstić information content (AvgIpc) is 0.899. The summed E-state index contributed by atoms with van der Waals surface area (Å²) in [6.45, 7) is 9.73. The van der Waals surface area contributed by atoms with Gasteiger partial charge in [0.1, 0.15) is 19.3 Å². The van der Waals surface area contributed by atoms with Crippen molar-refractivity contribution in [1.82, 2.24) is 0 Å². The van der Waals surface area contributed by atoms with E-state index < -0.39 is 97.5 Å². The SMILES string of the molecule is CCCCCCCCCCCCCCCCCCCCCCCC(=O)OC[C@H](COP(=O)(O)OC[C@@H](O)COP(=O)(O)OC[C@@H](COC(=O)CCCCCCCCCC(C)C)OC(=O)CCCCCCCCCCCCCCCCCCCCCC)OC(=O)CCCCCCCCCCCCCCCCCCCCC(C)CC. The number of carbonyl (C=O) groups is 4. The maximum absolute atomic E-state index is 13.2. The topological polar surface area (TPSA) is 237 Å². The second kappa shape index (κ2) is 85.1. The van der Waals surface area contributed by atoms with E-state index in [-0.39, 0.29) is 25.7 Å². The van der Waals surface area contributed by atoms with E-state index >= 15 is 0 Å². The van der Waals surface area contributed by atoms with Gasteiger partial charge in [-0.1, -0.05) is 459 Å². The fourth-order valence-electron chi connectivity index (χ4n) is 14.8. The van der Waals surface area contributed by atoms with Crippen LogP contribution in [0.2, 0.25) is 0 Å². The molecule has 0 aromatic heterocycles. The number of ether oxygens (including phenoxy) is 4. The van der Waals surface area contributed by atoms with Crippen LogP contribution in [-0.4, -0.2) is 96.7 Å². The Bertz CT molecular complexity index is 2150. The highest BCUT2D eigenvalue weighted by molar-refractivity contribution is 7.47. The molecule has 3 unspecified atom stereocenters. The standard InChI is InChI=1S/C94H184O17P2/c1-7-10-12-14-16-18-20-22-24-26-28-30-32-36-40-44-48-52-58-64-70-76-91(96)104-82-89(110-93(98)78-72-67-60-54-50-46-42-38-34-33-35-39-43-47-51-57-63-69-75-87(6)9-3)84-108-112(100,101)106-80-88(95)81-107-113(102,103)109-85-90(83-105-92(97)77-71-65-61-55-56-62-68-74-86(4)5)111-94(99)79-73-66-59-53-49-45-41-37-31-29-27-25-23-21-19-17-15-13-11-8-2/h86-90,95H,7-85H2,1-6H3,(H,100,101)(H,102,103)/t87?,88-,89-,90-/m1/s1. The van der Waals surface area contributed by atoms with Crippen LogP contribution in [0.25, 0.3) is 0 Å². The molecule has 0 amide bonds. The molecule has 6 atom stereocenters. The minimum Gasteiger partial charge on any atom is -0.462 e. The molecular formula is C94H184O17P2. The highest BCUT2D eigenvalue weighted by Gasteiger charge is 2.31. The van der Waals surface area contributed by atoms with Crippen molar-refractivity contribution in [2.75, 3.05) is 39.6 Å². The van der Waals surface area contributed by atoms with Crippen molar-refractivity contribution in [2.24, 2.45) is 11.8 Å². The first kappa shape index (κ1) is 111. The van der Waals surface area contributed by atoms with E-state index in [1.807, 2.05) is 0 Å². The lowest BCUT2D eigenvalue weighted by atomic mass is 9.99. The molecule has 17 nitrogen and oxygen atoms in total. The van der Waals surface area contributed by atoms with Crippen LogP contribution in [-0.2, 0) is 65.4 Å². The molecule has 0 bridgehead atoms. The van der Waals surface area contributed by atoms with Crippen LogP contribution in [0.4, 0.5) is 0 Å². The Morgan fingerprint density at radius 1 is 0.257 bits per heavy atom. The van der Waals surface area contributed by atoms with Crippen molar-refractivity contribution >= 4 is 39.5 Å². The number of carbonyl (C=O) groups excluding carboxylic acids is 4. The van der Waals surface area contributed by atoms with Crippen molar-refractivity contribution in [3.05, 3.63) is 0 Å². The van der Waals surface area contributed by atoms with E-state index in [4.69, 9.17) is 37.0 Å². The number of unbranched alkanes of at least 4 members (excludes halogenated alkanes) is 62. The van der Waals surface area contributed by atoms with Gasteiger partial charge >= 0.3 is 39.5 Å². The Hall–Kier alpha value is -1.94. The maximum atomic E-state index is 13.2. The second-order valence-corrected chi connectivity index (χ2v) is 37.4. The third-order valence-corrected chi connectivity index (χ3v) is 24.5. The molecule has 0 aliphatic heterocycles. The number of phosphoric ester groups is 2. The number of aliphatic hydroxyl groups is 1. The van der Waals surface area contributed by atoms with Gasteiger partial charge in [0.15, 0.2) is 12.2 Å². The summed E-state index contributed by atoms with van der Waals surface area (Å²) < 4.78 is 69.1. The van der Waals surface area contributed by atoms with Gasteiger partial charge in [-0.25, -0.2) is 9.13 Å². The third-order valence-electron chi connectivity index (χ3n) is 22.6. The minimum absolute atomic E-state index is 0.108.